The van der Waals surface area contributed by atoms with Crippen LogP contribution >= 0.6 is 0 Å². The molecule has 0 atom stereocenters. The summed E-state index contributed by atoms with van der Waals surface area (Å²) in [6, 6.07) is 0. The van der Waals surface area contributed by atoms with Gasteiger partial charge in [0.25, 0.3) is 0 Å². The second-order valence-electron chi connectivity index (χ2n) is 5.06. The Kier molecular flexibility index (Phi) is 3.19. The van der Waals surface area contributed by atoms with E-state index in [-0.39, 0.29) is 5.54 Å². The van der Waals surface area contributed by atoms with Crippen LogP contribution in [0.1, 0.15) is 48.7 Å². The molecule has 1 aliphatic carbocycles. The molecule has 2 N–H and O–H groups in total. The van der Waals surface area contributed by atoms with Crippen molar-refractivity contribution in [2.45, 2.75) is 44.7 Å². The molecule has 0 saturated heterocycles. The summed E-state index contributed by atoms with van der Waals surface area (Å²) in [7, 11) is 1.78. The molecule has 94 valence electrons. The molecule has 5 nitrogen and oxygen atoms in total. The molecule has 0 unspecified atom stereocenters. The Labute approximate surface area is 101 Å². The number of nitrogens with zero attached hydrogens (tertiary/aromatic N) is 2. The first-order valence-electron chi connectivity index (χ1n) is 6.01. The fourth-order valence-electron chi connectivity index (χ4n) is 2.48. The van der Waals surface area contributed by atoms with Gasteiger partial charge in [-0.25, -0.2) is 4.79 Å². The number of hydrogen-bond donors (Lipinski definition) is 2. The molecule has 1 heterocycles. The van der Waals surface area contributed by atoms with Crippen LogP contribution in [0.3, 0.4) is 0 Å². The van der Waals surface area contributed by atoms with Crippen molar-refractivity contribution in [2.75, 3.05) is 0 Å². The number of carbonyl (C=O) groups is 1. The molecule has 1 saturated carbocycles. The lowest BCUT2D eigenvalue weighted by Gasteiger charge is -2.25. The van der Waals surface area contributed by atoms with Gasteiger partial charge in [0.1, 0.15) is 5.56 Å². The van der Waals surface area contributed by atoms with Crippen LogP contribution in [0.5, 0.6) is 0 Å². The summed E-state index contributed by atoms with van der Waals surface area (Å²) in [5.74, 6) is -0.911. The molecule has 0 aromatic carbocycles. The van der Waals surface area contributed by atoms with Gasteiger partial charge in [-0.05, 0) is 19.8 Å². The summed E-state index contributed by atoms with van der Waals surface area (Å²) in [5.41, 5.74) is 1.19. The van der Waals surface area contributed by atoms with Crippen molar-refractivity contribution in [3.05, 3.63) is 17.5 Å². The summed E-state index contributed by atoms with van der Waals surface area (Å²) in [6.07, 6.45) is 6.23. The topological polar surface area (TPSA) is 67.2 Å². The zero-order valence-corrected chi connectivity index (χ0v) is 10.4. The Morgan fingerprint density at radius 1 is 1.59 bits per heavy atom. The summed E-state index contributed by atoms with van der Waals surface area (Å²) in [5, 5.41) is 16.5. The van der Waals surface area contributed by atoms with Crippen LogP contribution in [0.2, 0.25) is 0 Å². The molecule has 1 aromatic heterocycles. The highest BCUT2D eigenvalue weighted by Gasteiger charge is 2.28. The highest BCUT2D eigenvalue weighted by atomic mass is 16.4. The van der Waals surface area contributed by atoms with Gasteiger partial charge in [0.05, 0.1) is 11.9 Å². The zero-order valence-electron chi connectivity index (χ0n) is 10.4. The van der Waals surface area contributed by atoms with Crippen molar-refractivity contribution in [2.24, 2.45) is 7.05 Å². The largest absolute Gasteiger partial charge is 0.478 e. The fourth-order valence-corrected chi connectivity index (χ4v) is 2.48. The van der Waals surface area contributed by atoms with Crippen LogP contribution in [-0.2, 0) is 13.6 Å². The van der Waals surface area contributed by atoms with E-state index in [1.807, 2.05) is 0 Å². The van der Waals surface area contributed by atoms with Gasteiger partial charge in [0.15, 0.2) is 0 Å². The van der Waals surface area contributed by atoms with Crippen molar-refractivity contribution in [3.63, 3.8) is 0 Å². The summed E-state index contributed by atoms with van der Waals surface area (Å²) >= 11 is 0. The lowest BCUT2D eigenvalue weighted by molar-refractivity contribution is 0.0695. The van der Waals surface area contributed by atoms with Crippen LogP contribution in [0.25, 0.3) is 0 Å². The molecule has 1 aliphatic rings. The number of rotatable bonds is 4. The van der Waals surface area contributed by atoms with Gasteiger partial charge in [-0.2, -0.15) is 5.10 Å². The Morgan fingerprint density at radius 2 is 2.24 bits per heavy atom. The fraction of sp³-hybridized carbons (Fsp3) is 0.667. The first-order chi connectivity index (χ1) is 8.02. The maximum absolute atomic E-state index is 11.0. The van der Waals surface area contributed by atoms with E-state index in [9.17, 15) is 4.79 Å². The van der Waals surface area contributed by atoms with Gasteiger partial charge in [-0.1, -0.05) is 12.8 Å². The van der Waals surface area contributed by atoms with E-state index in [1.54, 1.807) is 11.7 Å². The van der Waals surface area contributed by atoms with Crippen LogP contribution in [0.15, 0.2) is 6.20 Å². The number of aryl methyl sites for hydroxylation is 1. The van der Waals surface area contributed by atoms with Gasteiger partial charge < -0.3 is 10.4 Å². The molecular weight excluding hydrogens is 218 g/mol. The number of aromatic carboxylic acids is 1. The van der Waals surface area contributed by atoms with Gasteiger partial charge in [-0.15, -0.1) is 0 Å². The van der Waals surface area contributed by atoms with E-state index in [0.717, 1.165) is 18.5 Å². The monoisotopic (exact) mass is 237 g/mol. The molecule has 0 amide bonds. The number of carboxylic acids is 1. The molecule has 17 heavy (non-hydrogen) atoms. The quantitative estimate of drug-likeness (QED) is 0.833. The average Bonchev–Trinajstić information content (AvgIpc) is 2.83. The number of nitrogens with one attached hydrogen (secondary N) is 1. The van der Waals surface area contributed by atoms with Crippen molar-refractivity contribution in [1.29, 1.82) is 0 Å². The Balaban J connectivity index is 2.08. The van der Waals surface area contributed by atoms with Crippen LogP contribution in [0.4, 0.5) is 0 Å². The standard InChI is InChI=1S/C12H19N3O2/c1-12(5-3-4-6-12)13-8-10-9(11(16)17)7-14-15(10)2/h7,13H,3-6,8H2,1-2H3,(H,16,17). The second kappa shape index (κ2) is 4.49. The minimum absolute atomic E-state index is 0.153. The maximum Gasteiger partial charge on any atom is 0.339 e. The molecule has 0 radical (unpaired) electrons. The normalized spacial score (nSPS) is 18.5. The van der Waals surface area contributed by atoms with Crippen molar-refractivity contribution in [1.82, 2.24) is 15.1 Å². The predicted octanol–water partition coefficient (Wildman–Crippen LogP) is 1.54. The lowest BCUT2D eigenvalue weighted by Crippen LogP contribution is -2.39. The van der Waals surface area contributed by atoms with E-state index in [0.29, 0.717) is 12.1 Å². The highest BCUT2D eigenvalue weighted by Crippen LogP contribution is 2.29. The minimum Gasteiger partial charge on any atom is -0.478 e. The first-order valence-corrected chi connectivity index (χ1v) is 6.01. The average molecular weight is 237 g/mol. The van der Waals surface area contributed by atoms with Crippen molar-refractivity contribution >= 4 is 5.97 Å². The Hall–Kier alpha value is -1.36. The van der Waals surface area contributed by atoms with E-state index < -0.39 is 5.97 Å². The van der Waals surface area contributed by atoms with E-state index in [1.165, 1.54) is 19.0 Å². The summed E-state index contributed by atoms with van der Waals surface area (Å²) in [6.45, 7) is 2.77. The molecule has 5 heteroatoms. The smallest absolute Gasteiger partial charge is 0.339 e. The number of carboxylic acid groups (broad SMARTS) is 1. The predicted molar refractivity (Wildman–Crippen MR) is 63.9 cm³/mol. The third-order valence-corrected chi connectivity index (χ3v) is 3.68. The summed E-state index contributed by atoms with van der Waals surface area (Å²) < 4.78 is 1.63. The number of aromatic nitrogens is 2. The third kappa shape index (κ3) is 2.49. The van der Waals surface area contributed by atoms with E-state index in [2.05, 4.69) is 17.3 Å². The van der Waals surface area contributed by atoms with Crippen molar-refractivity contribution < 1.29 is 9.90 Å². The maximum atomic E-state index is 11.0. The van der Waals surface area contributed by atoms with Gasteiger partial charge in [0, 0.05) is 19.1 Å². The number of hydrogen-bond acceptors (Lipinski definition) is 3. The van der Waals surface area contributed by atoms with Gasteiger partial charge in [-0.3, -0.25) is 4.68 Å². The van der Waals surface area contributed by atoms with Crippen molar-refractivity contribution in [3.8, 4) is 0 Å². The molecule has 2 rings (SSSR count). The van der Waals surface area contributed by atoms with Gasteiger partial charge in [0.2, 0.25) is 0 Å². The summed E-state index contributed by atoms with van der Waals surface area (Å²) in [4.78, 5) is 11.0. The van der Waals surface area contributed by atoms with Crippen LogP contribution < -0.4 is 5.32 Å². The Bertz CT molecular complexity index is 419. The molecule has 0 aliphatic heterocycles. The molecule has 0 bridgehead atoms. The second-order valence-corrected chi connectivity index (χ2v) is 5.06. The molecule has 1 aromatic rings. The van der Waals surface area contributed by atoms with Gasteiger partial charge >= 0.3 is 5.97 Å². The zero-order chi connectivity index (χ0) is 12.5. The molecule has 0 spiro atoms. The lowest BCUT2D eigenvalue weighted by atomic mass is 10.0. The third-order valence-electron chi connectivity index (χ3n) is 3.68. The van der Waals surface area contributed by atoms with Crippen LogP contribution in [0, 0.1) is 0 Å². The highest BCUT2D eigenvalue weighted by molar-refractivity contribution is 5.88. The van der Waals surface area contributed by atoms with E-state index in [4.69, 9.17) is 5.11 Å². The molecular formula is C12H19N3O2. The first kappa shape index (κ1) is 12.1. The molecule has 1 fully saturated rings. The van der Waals surface area contributed by atoms with Crippen LogP contribution in [-0.4, -0.2) is 26.4 Å². The Morgan fingerprint density at radius 3 is 2.82 bits per heavy atom. The minimum atomic E-state index is -0.911. The SMILES string of the molecule is Cn1ncc(C(=O)O)c1CNC1(C)CCCC1. The van der Waals surface area contributed by atoms with E-state index >= 15 is 0 Å².